The molecule has 1 atom stereocenters. The molecule has 2 rings (SSSR count). The predicted molar refractivity (Wildman–Crippen MR) is 85.3 cm³/mol. The Morgan fingerprint density at radius 1 is 1.55 bits per heavy atom. The van der Waals surface area contributed by atoms with Crippen LogP contribution >= 0.6 is 0 Å². The molecule has 6 nitrogen and oxygen atoms in total. The predicted octanol–water partition coefficient (Wildman–Crippen LogP) is 1.41. The summed E-state index contributed by atoms with van der Waals surface area (Å²) in [4.78, 5) is 20.8. The molecular formula is C16H25N3O3. The highest BCUT2D eigenvalue weighted by atomic mass is 16.5. The molecule has 1 amide bonds. The number of rotatable bonds is 4. The Labute approximate surface area is 132 Å². The van der Waals surface area contributed by atoms with Gasteiger partial charge in [0.25, 0.3) is 5.91 Å². The second-order valence-corrected chi connectivity index (χ2v) is 6.43. The van der Waals surface area contributed by atoms with Crippen LogP contribution in [0.15, 0.2) is 18.5 Å². The quantitative estimate of drug-likeness (QED) is 0.842. The Kier molecular flexibility index (Phi) is 5.03. The lowest BCUT2D eigenvalue weighted by Gasteiger charge is -2.42. The first-order valence-electron chi connectivity index (χ1n) is 7.41. The number of amides is 1. The van der Waals surface area contributed by atoms with Crippen molar-refractivity contribution in [1.82, 2.24) is 9.88 Å². The number of hydrogen-bond donors (Lipinski definition) is 0. The summed E-state index contributed by atoms with van der Waals surface area (Å²) in [6, 6.07) is 1.85. The van der Waals surface area contributed by atoms with E-state index in [0.717, 1.165) is 5.69 Å². The van der Waals surface area contributed by atoms with Gasteiger partial charge in [-0.25, -0.2) is 0 Å². The van der Waals surface area contributed by atoms with Gasteiger partial charge in [-0.05, 0) is 19.9 Å². The molecule has 0 radical (unpaired) electrons. The second kappa shape index (κ2) is 6.62. The van der Waals surface area contributed by atoms with E-state index in [1.807, 2.05) is 43.8 Å². The van der Waals surface area contributed by atoms with Crippen molar-refractivity contribution in [3.63, 3.8) is 0 Å². The molecule has 0 N–H and O–H groups in total. The van der Waals surface area contributed by atoms with Crippen molar-refractivity contribution in [1.29, 1.82) is 0 Å². The van der Waals surface area contributed by atoms with E-state index in [0.29, 0.717) is 25.3 Å². The molecule has 1 unspecified atom stereocenters. The number of anilines is 1. The Morgan fingerprint density at radius 3 is 2.91 bits per heavy atom. The van der Waals surface area contributed by atoms with Gasteiger partial charge in [-0.2, -0.15) is 0 Å². The van der Waals surface area contributed by atoms with Gasteiger partial charge in [0.2, 0.25) is 0 Å². The number of nitrogens with zero attached hydrogens (tertiary/aromatic N) is 3. The van der Waals surface area contributed by atoms with Crippen LogP contribution in [0.25, 0.3) is 0 Å². The summed E-state index contributed by atoms with van der Waals surface area (Å²) in [6.45, 7) is 5.53. The summed E-state index contributed by atoms with van der Waals surface area (Å²) in [7, 11) is 5.48. The van der Waals surface area contributed by atoms with E-state index in [9.17, 15) is 4.79 Å². The third-order valence-corrected chi connectivity index (χ3v) is 3.63. The minimum Gasteiger partial charge on any atom is -0.382 e. The van der Waals surface area contributed by atoms with Crippen molar-refractivity contribution in [2.75, 3.05) is 45.8 Å². The molecule has 122 valence electrons. The zero-order valence-electron chi connectivity index (χ0n) is 14.0. The van der Waals surface area contributed by atoms with Crippen molar-refractivity contribution in [2.24, 2.45) is 0 Å². The van der Waals surface area contributed by atoms with Crippen LogP contribution in [-0.4, -0.2) is 68.4 Å². The maximum absolute atomic E-state index is 12.9. The number of methoxy groups -OCH3 is 1. The van der Waals surface area contributed by atoms with E-state index < -0.39 is 5.60 Å². The zero-order chi connectivity index (χ0) is 16.3. The van der Waals surface area contributed by atoms with E-state index >= 15 is 0 Å². The van der Waals surface area contributed by atoms with Gasteiger partial charge in [0.15, 0.2) is 0 Å². The smallest absolute Gasteiger partial charge is 0.257 e. The van der Waals surface area contributed by atoms with Gasteiger partial charge in [0, 0.05) is 46.7 Å². The van der Waals surface area contributed by atoms with Gasteiger partial charge < -0.3 is 19.3 Å². The van der Waals surface area contributed by atoms with Crippen LogP contribution in [0.5, 0.6) is 0 Å². The maximum Gasteiger partial charge on any atom is 0.257 e. The molecule has 1 aromatic heterocycles. The maximum atomic E-state index is 12.9. The minimum absolute atomic E-state index is 0.0192. The average molecular weight is 307 g/mol. The number of aromatic nitrogens is 1. The SMILES string of the molecule is COCC1CN(C(=O)c2cnccc2N(C)C)CC(C)(C)O1. The molecule has 1 aliphatic rings. The molecule has 0 aromatic carbocycles. The molecule has 0 saturated carbocycles. The first-order valence-corrected chi connectivity index (χ1v) is 7.41. The van der Waals surface area contributed by atoms with Crippen LogP contribution in [0.1, 0.15) is 24.2 Å². The summed E-state index contributed by atoms with van der Waals surface area (Å²) in [6.07, 6.45) is 3.21. The Hall–Kier alpha value is -1.66. The fourth-order valence-corrected chi connectivity index (χ4v) is 2.84. The van der Waals surface area contributed by atoms with Crippen molar-refractivity contribution >= 4 is 11.6 Å². The number of pyridine rings is 1. The number of morpholine rings is 1. The first-order chi connectivity index (χ1) is 10.3. The monoisotopic (exact) mass is 307 g/mol. The summed E-state index contributed by atoms with van der Waals surface area (Å²) >= 11 is 0. The molecule has 22 heavy (non-hydrogen) atoms. The molecule has 1 fully saturated rings. The van der Waals surface area contributed by atoms with Gasteiger partial charge in [-0.1, -0.05) is 0 Å². The Bertz CT molecular complexity index is 531. The molecule has 1 aromatic rings. The van der Waals surface area contributed by atoms with E-state index in [4.69, 9.17) is 9.47 Å². The van der Waals surface area contributed by atoms with E-state index in [1.54, 1.807) is 19.5 Å². The largest absolute Gasteiger partial charge is 0.382 e. The van der Waals surface area contributed by atoms with Crippen LogP contribution < -0.4 is 4.90 Å². The highest BCUT2D eigenvalue weighted by Crippen LogP contribution is 2.25. The lowest BCUT2D eigenvalue weighted by molar-refractivity contribution is -0.143. The van der Waals surface area contributed by atoms with Crippen LogP contribution in [0, 0.1) is 0 Å². The molecular weight excluding hydrogens is 282 g/mol. The lowest BCUT2D eigenvalue weighted by atomic mass is 10.0. The summed E-state index contributed by atoms with van der Waals surface area (Å²) in [5, 5.41) is 0. The zero-order valence-corrected chi connectivity index (χ0v) is 14.0. The number of carbonyl (C=O) groups is 1. The third-order valence-electron chi connectivity index (χ3n) is 3.63. The standard InChI is InChI=1S/C16H25N3O3/c1-16(2)11-19(9-12(22-16)10-21-5)15(20)13-8-17-7-6-14(13)18(3)4/h6-8,12H,9-11H2,1-5H3. The summed E-state index contributed by atoms with van der Waals surface area (Å²) in [5.41, 5.74) is 1.09. The van der Waals surface area contributed by atoms with Gasteiger partial charge in [-0.15, -0.1) is 0 Å². The number of ether oxygens (including phenoxy) is 2. The molecule has 0 aliphatic carbocycles. The van der Waals surface area contributed by atoms with Crippen molar-refractivity contribution in [2.45, 2.75) is 25.6 Å². The third kappa shape index (κ3) is 3.75. The summed E-state index contributed by atoms with van der Waals surface area (Å²) in [5.74, 6) is -0.0192. The second-order valence-electron chi connectivity index (χ2n) is 6.43. The van der Waals surface area contributed by atoms with Crippen LogP contribution in [-0.2, 0) is 9.47 Å². The van der Waals surface area contributed by atoms with Crippen LogP contribution in [0.3, 0.4) is 0 Å². The Balaban J connectivity index is 2.25. The van der Waals surface area contributed by atoms with Gasteiger partial charge in [0.05, 0.1) is 29.6 Å². The minimum atomic E-state index is -0.391. The highest BCUT2D eigenvalue weighted by Gasteiger charge is 2.36. The first kappa shape index (κ1) is 16.7. The van der Waals surface area contributed by atoms with Crippen molar-refractivity contribution < 1.29 is 14.3 Å². The number of hydrogen-bond acceptors (Lipinski definition) is 5. The molecule has 6 heteroatoms. The lowest BCUT2D eigenvalue weighted by Crippen LogP contribution is -2.55. The number of carbonyl (C=O) groups excluding carboxylic acids is 1. The summed E-state index contributed by atoms with van der Waals surface area (Å²) < 4.78 is 11.2. The normalized spacial score (nSPS) is 20.8. The molecule has 1 saturated heterocycles. The topological polar surface area (TPSA) is 54.9 Å². The van der Waals surface area contributed by atoms with Crippen LogP contribution in [0.4, 0.5) is 5.69 Å². The average Bonchev–Trinajstić information content (AvgIpc) is 2.45. The van der Waals surface area contributed by atoms with E-state index in [1.165, 1.54) is 0 Å². The fourth-order valence-electron chi connectivity index (χ4n) is 2.84. The highest BCUT2D eigenvalue weighted by molar-refractivity contribution is 5.99. The van der Waals surface area contributed by atoms with Crippen LogP contribution in [0.2, 0.25) is 0 Å². The van der Waals surface area contributed by atoms with Gasteiger partial charge >= 0.3 is 0 Å². The fraction of sp³-hybridized carbons (Fsp3) is 0.625. The molecule has 2 heterocycles. The molecule has 0 bridgehead atoms. The van der Waals surface area contributed by atoms with Gasteiger partial charge in [-0.3, -0.25) is 9.78 Å². The Morgan fingerprint density at radius 2 is 2.27 bits per heavy atom. The van der Waals surface area contributed by atoms with E-state index in [2.05, 4.69) is 4.98 Å². The van der Waals surface area contributed by atoms with Gasteiger partial charge in [0.1, 0.15) is 0 Å². The van der Waals surface area contributed by atoms with E-state index in [-0.39, 0.29) is 12.0 Å². The molecule has 0 spiro atoms. The van der Waals surface area contributed by atoms with Crippen molar-refractivity contribution in [3.8, 4) is 0 Å². The van der Waals surface area contributed by atoms with Crippen molar-refractivity contribution in [3.05, 3.63) is 24.0 Å². The molecule has 1 aliphatic heterocycles.